The highest BCUT2D eigenvalue weighted by atomic mass is 19.4. The molecule has 0 unspecified atom stereocenters. The number of alkyl halides is 3. The number of halogens is 3. The van der Waals surface area contributed by atoms with Crippen LogP contribution in [0.5, 0.6) is 0 Å². The van der Waals surface area contributed by atoms with Crippen LogP contribution in [0.15, 0.2) is 35.5 Å². The van der Waals surface area contributed by atoms with E-state index in [1.807, 2.05) is 0 Å². The minimum absolute atomic E-state index is 0.0418. The second-order valence-electron chi connectivity index (χ2n) is 5.34. The van der Waals surface area contributed by atoms with Gasteiger partial charge in [0.15, 0.2) is 0 Å². The zero-order valence-corrected chi connectivity index (χ0v) is 11.3. The summed E-state index contributed by atoms with van der Waals surface area (Å²) in [5, 5.41) is 15.1. The molecule has 2 atom stereocenters. The van der Waals surface area contributed by atoms with Crippen LogP contribution < -0.4 is 5.43 Å². The number of nitro benzene ring substituents is 1. The Kier molecular flexibility index (Phi) is 3.38. The number of hydrazone groups is 1. The Morgan fingerprint density at radius 1 is 1.36 bits per heavy atom. The Morgan fingerprint density at radius 2 is 2.14 bits per heavy atom. The fraction of sp³-hybridized carbons (Fsp3) is 0.357. The van der Waals surface area contributed by atoms with Crippen molar-refractivity contribution in [2.24, 2.45) is 16.9 Å². The molecule has 1 N–H and O–H groups in total. The zero-order chi connectivity index (χ0) is 15.9. The maximum absolute atomic E-state index is 12.6. The highest BCUT2D eigenvalue weighted by Crippen LogP contribution is 2.40. The molecule has 2 aliphatic rings. The van der Waals surface area contributed by atoms with Gasteiger partial charge in [0.1, 0.15) is 5.69 Å². The highest BCUT2D eigenvalue weighted by Gasteiger charge is 2.38. The molecule has 116 valence electrons. The van der Waals surface area contributed by atoms with Gasteiger partial charge in [-0.3, -0.25) is 15.5 Å². The molecule has 0 saturated heterocycles. The summed E-state index contributed by atoms with van der Waals surface area (Å²) in [5.41, 5.74) is 1.70. The summed E-state index contributed by atoms with van der Waals surface area (Å²) in [6.07, 6.45) is 1.23. The van der Waals surface area contributed by atoms with Gasteiger partial charge in [0.2, 0.25) is 0 Å². The van der Waals surface area contributed by atoms with Gasteiger partial charge in [-0.25, -0.2) is 0 Å². The van der Waals surface area contributed by atoms with Crippen LogP contribution in [0, 0.1) is 22.0 Å². The van der Waals surface area contributed by atoms with Crippen molar-refractivity contribution in [2.75, 3.05) is 5.43 Å². The number of rotatable bonds is 3. The first-order valence-electron chi connectivity index (χ1n) is 6.71. The molecule has 1 aromatic carbocycles. The molecule has 22 heavy (non-hydrogen) atoms. The zero-order valence-electron chi connectivity index (χ0n) is 11.3. The van der Waals surface area contributed by atoms with E-state index in [1.54, 1.807) is 0 Å². The Hall–Kier alpha value is -2.38. The first-order chi connectivity index (χ1) is 10.4. The van der Waals surface area contributed by atoms with E-state index in [9.17, 15) is 23.3 Å². The van der Waals surface area contributed by atoms with Gasteiger partial charge in [0.25, 0.3) is 5.69 Å². The molecule has 0 aliphatic heterocycles. The van der Waals surface area contributed by atoms with Crippen LogP contribution in [0.1, 0.15) is 18.4 Å². The number of hydrogen-bond acceptors (Lipinski definition) is 4. The van der Waals surface area contributed by atoms with Gasteiger partial charge in [-0.1, -0.05) is 12.2 Å². The average Bonchev–Trinajstić information content (AvgIpc) is 2.79. The molecule has 0 amide bonds. The van der Waals surface area contributed by atoms with E-state index >= 15 is 0 Å². The van der Waals surface area contributed by atoms with Crippen LogP contribution in [-0.4, -0.2) is 10.6 Å². The Morgan fingerprint density at radius 3 is 2.77 bits per heavy atom. The molecule has 8 heteroatoms. The predicted molar refractivity (Wildman–Crippen MR) is 74.5 cm³/mol. The van der Waals surface area contributed by atoms with Crippen molar-refractivity contribution >= 4 is 17.1 Å². The molecule has 0 heterocycles. The summed E-state index contributed by atoms with van der Waals surface area (Å²) in [6.45, 7) is 0. The van der Waals surface area contributed by atoms with Crippen LogP contribution in [0.2, 0.25) is 0 Å². The van der Waals surface area contributed by atoms with Crippen molar-refractivity contribution in [1.29, 1.82) is 0 Å². The molecule has 0 bridgehead atoms. The lowest BCUT2D eigenvalue weighted by atomic mass is 9.74. The SMILES string of the molecule is O=[N+]([O-])c1cc(C(F)(F)F)ccc1N/N=C1/C[C@H]2C=CC[C@@H]12. The molecule has 0 aromatic heterocycles. The summed E-state index contributed by atoms with van der Waals surface area (Å²) in [4.78, 5) is 10.1. The Bertz CT molecular complexity index is 682. The molecule has 1 aromatic rings. The van der Waals surface area contributed by atoms with Crippen LogP contribution in [-0.2, 0) is 6.18 Å². The molecule has 3 rings (SSSR count). The van der Waals surface area contributed by atoms with E-state index in [0.717, 1.165) is 30.7 Å². The topological polar surface area (TPSA) is 67.5 Å². The molecule has 1 fully saturated rings. The number of nitrogens with one attached hydrogen (secondary N) is 1. The van der Waals surface area contributed by atoms with E-state index in [-0.39, 0.29) is 5.69 Å². The summed E-state index contributed by atoms with van der Waals surface area (Å²) >= 11 is 0. The molecule has 0 spiro atoms. The fourth-order valence-electron chi connectivity index (χ4n) is 2.75. The maximum Gasteiger partial charge on any atom is 0.416 e. The third kappa shape index (κ3) is 2.56. The van der Waals surface area contributed by atoms with E-state index in [1.165, 1.54) is 0 Å². The van der Waals surface area contributed by atoms with Crippen LogP contribution >= 0.6 is 0 Å². The van der Waals surface area contributed by atoms with Gasteiger partial charge < -0.3 is 0 Å². The first kappa shape index (κ1) is 14.6. The number of anilines is 1. The van der Waals surface area contributed by atoms with Gasteiger partial charge >= 0.3 is 6.18 Å². The normalized spacial score (nSPS) is 25.0. The van der Waals surface area contributed by atoms with Crippen LogP contribution in [0.4, 0.5) is 24.5 Å². The summed E-state index contributed by atoms with van der Waals surface area (Å²) in [6, 6.07) is 2.35. The van der Waals surface area contributed by atoms with Crippen molar-refractivity contribution in [3.63, 3.8) is 0 Å². The van der Waals surface area contributed by atoms with E-state index in [2.05, 4.69) is 22.7 Å². The molecular weight excluding hydrogens is 299 g/mol. The third-order valence-electron chi connectivity index (χ3n) is 4.00. The van der Waals surface area contributed by atoms with E-state index in [0.29, 0.717) is 17.9 Å². The summed E-state index contributed by atoms with van der Waals surface area (Å²) < 4.78 is 37.8. The van der Waals surface area contributed by atoms with E-state index in [4.69, 9.17) is 0 Å². The molecule has 1 saturated carbocycles. The van der Waals surface area contributed by atoms with Gasteiger partial charge in [0, 0.05) is 17.7 Å². The molecular formula is C14H12F3N3O2. The van der Waals surface area contributed by atoms with Gasteiger partial charge in [-0.05, 0) is 30.9 Å². The van der Waals surface area contributed by atoms with Crippen molar-refractivity contribution in [3.05, 3.63) is 46.0 Å². The Balaban J connectivity index is 1.81. The number of benzene rings is 1. The minimum Gasteiger partial charge on any atom is -0.272 e. The fourth-order valence-corrected chi connectivity index (χ4v) is 2.75. The second-order valence-corrected chi connectivity index (χ2v) is 5.34. The maximum atomic E-state index is 12.6. The smallest absolute Gasteiger partial charge is 0.272 e. The lowest BCUT2D eigenvalue weighted by Crippen LogP contribution is -2.33. The number of fused-ring (bicyclic) bond motifs is 1. The van der Waals surface area contributed by atoms with Crippen molar-refractivity contribution in [2.45, 2.75) is 19.0 Å². The Labute approximate surface area is 123 Å². The average molecular weight is 311 g/mol. The lowest BCUT2D eigenvalue weighted by molar-refractivity contribution is -0.384. The molecule has 2 aliphatic carbocycles. The summed E-state index contributed by atoms with van der Waals surface area (Å²) in [5.74, 6) is 0.796. The van der Waals surface area contributed by atoms with Gasteiger partial charge in [-0.15, -0.1) is 0 Å². The van der Waals surface area contributed by atoms with E-state index < -0.39 is 22.4 Å². The van der Waals surface area contributed by atoms with Crippen LogP contribution in [0.3, 0.4) is 0 Å². The van der Waals surface area contributed by atoms with Gasteiger partial charge in [-0.2, -0.15) is 18.3 Å². The number of nitro groups is 1. The number of hydrogen-bond donors (Lipinski definition) is 1. The molecule has 0 radical (unpaired) electrons. The minimum atomic E-state index is -4.62. The highest BCUT2D eigenvalue weighted by molar-refractivity contribution is 5.94. The second kappa shape index (κ2) is 5.11. The van der Waals surface area contributed by atoms with Crippen molar-refractivity contribution in [3.8, 4) is 0 Å². The number of nitrogens with zero attached hydrogens (tertiary/aromatic N) is 2. The third-order valence-corrected chi connectivity index (χ3v) is 4.00. The largest absolute Gasteiger partial charge is 0.416 e. The first-order valence-corrected chi connectivity index (χ1v) is 6.71. The van der Waals surface area contributed by atoms with Gasteiger partial charge in [0.05, 0.1) is 10.5 Å². The van der Waals surface area contributed by atoms with Crippen LogP contribution in [0.25, 0.3) is 0 Å². The van der Waals surface area contributed by atoms with Crippen molar-refractivity contribution < 1.29 is 18.1 Å². The lowest BCUT2D eigenvalue weighted by Gasteiger charge is -2.31. The molecule has 5 nitrogen and oxygen atoms in total. The quantitative estimate of drug-likeness (QED) is 0.521. The van der Waals surface area contributed by atoms with Crippen molar-refractivity contribution in [1.82, 2.24) is 0 Å². The predicted octanol–water partition coefficient (Wildman–Crippen LogP) is 3.98. The number of allylic oxidation sites excluding steroid dienone is 2. The summed E-state index contributed by atoms with van der Waals surface area (Å²) in [7, 11) is 0. The standard InChI is InChI=1S/C14H12F3N3O2/c15-14(16,17)9-4-5-11(13(7-9)20(21)22)18-19-12-6-8-2-1-3-10(8)12/h1-2,4-5,7-8,10,18H,3,6H2/b19-12-/t8-,10-/m1/s1. The monoisotopic (exact) mass is 311 g/mol.